The Morgan fingerprint density at radius 3 is 2.53 bits per heavy atom. The van der Waals surface area contributed by atoms with Gasteiger partial charge in [0.15, 0.2) is 11.0 Å². The van der Waals surface area contributed by atoms with Crippen LogP contribution in [0.2, 0.25) is 5.02 Å². The third-order valence-corrected chi connectivity index (χ3v) is 6.04. The van der Waals surface area contributed by atoms with Crippen molar-refractivity contribution < 1.29 is 14.1 Å². The summed E-state index contributed by atoms with van der Waals surface area (Å²) in [5.74, 6) is -0.221. The first-order valence-electron chi connectivity index (χ1n) is 10.1. The Labute approximate surface area is 202 Å². The summed E-state index contributed by atoms with van der Waals surface area (Å²) >= 11 is 7.55. The highest BCUT2D eigenvalue weighted by Crippen LogP contribution is 2.33. The molecule has 11 heteroatoms. The molecule has 3 aromatic carbocycles. The van der Waals surface area contributed by atoms with Gasteiger partial charge in [-0.05, 0) is 30.3 Å². The van der Waals surface area contributed by atoms with Crippen molar-refractivity contribution in [2.75, 3.05) is 11.1 Å². The summed E-state index contributed by atoms with van der Waals surface area (Å²) in [7, 11) is 0. The highest BCUT2D eigenvalue weighted by molar-refractivity contribution is 7.99. The predicted molar refractivity (Wildman–Crippen MR) is 129 cm³/mol. The van der Waals surface area contributed by atoms with Crippen LogP contribution in [0.25, 0.3) is 17.1 Å². The molecule has 1 amide bonds. The van der Waals surface area contributed by atoms with Crippen molar-refractivity contribution in [3.8, 4) is 17.1 Å². The fourth-order valence-corrected chi connectivity index (χ4v) is 4.32. The van der Waals surface area contributed by atoms with Gasteiger partial charge in [-0.15, -0.1) is 10.2 Å². The lowest BCUT2D eigenvalue weighted by Gasteiger charge is -2.12. The van der Waals surface area contributed by atoms with E-state index in [1.54, 1.807) is 53.1 Å². The molecule has 0 aliphatic rings. The molecule has 4 rings (SSSR count). The van der Waals surface area contributed by atoms with E-state index < -0.39 is 16.6 Å². The van der Waals surface area contributed by atoms with Gasteiger partial charge in [-0.3, -0.25) is 19.5 Å². The number of rotatable bonds is 8. The van der Waals surface area contributed by atoms with E-state index in [-0.39, 0.29) is 29.2 Å². The number of carbonyl (C=O) groups excluding carboxylic acids is 1. The van der Waals surface area contributed by atoms with E-state index in [9.17, 15) is 19.3 Å². The van der Waals surface area contributed by atoms with Crippen LogP contribution < -0.4 is 5.32 Å². The zero-order chi connectivity index (χ0) is 24.1. The number of para-hydroxylation sites is 3. The van der Waals surface area contributed by atoms with Crippen molar-refractivity contribution >= 4 is 40.6 Å². The number of nitro benzene ring substituents is 1. The number of nitro groups is 1. The third kappa shape index (κ3) is 5.08. The van der Waals surface area contributed by atoms with Gasteiger partial charge < -0.3 is 5.32 Å². The first-order chi connectivity index (χ1) is 16.5. The second-order valence-corrected chi connectivity index (χ2v) is 8.46. The van der Waals surface area contributed by atoms with Crippen molar-refractivity contribution in [3.63, 3.8) is 0 Å². The Balaban J connectivity index is 1.55. The smallest absolute Gasteiger partial charge is 0.292 e. The highest BCUT2D eigenvalue weighted by atomic mass is 35.5. The zero-order valence-electron chi connectivity index (χ0n) is 17.5. The summed E-state index contributed by atoms with van der Waals surface area (Å²) in [6, 6.07) is 19.2. The van der Waals surface area contributed by atoms with Gasteiger partial charge >= 0.3 is 0 Å². The van der Waals surface area contributed by atoms with Crippen LogP contribution in [0.5, 0.6) is 0 Å². The van der Waals surface area contributed by atoms with Crippen LogP contribution in [-0.4, -0.2) is 31.3 Å². The maximum atomic E-state index is 14.7. The molecule has 8 nitrogen and oxygen atoms in total. The fourth-order valence-electron chi connectivity index (χ4n) is 3.22. The van der Waals surface area contributed by atoms with Crippen LogP contribution in [-0.2, 0) is 4.79 Å². The molecular weight excluding hydrogens is 481 g/mol. The van der Waals surface area contributed by atoms with Gasteiger partial charge in [0.1, 0.15) is 11.5 Å². The quantitative estimate of drug-likeness (QED) is 0.189. The Morgan fingerprint density at radius 1 is 1.06 bits per heavy atom. The van der Waals surface area contributed by atoms with E-state index in [0.717, 1.165) is 0 Å². The molecule has 1 aromatic heterocycles. The summed E-state index contributed by atoms with van der Waals surface area (Å²) in [4.78, 5) is 23.0. The molecule has 0 fully saturated rings. The van der Waals surface area contributed by atoms with Crippen LogP contribution in [0.4, 0.5) is 15.8 Å². The highest BCUT2D eigenvalue weighted by Gasteiger charge is 2.21. The molecule has 0 atom stereocenters. The zero-order valence-corrected chi connectivity index (χ0v) is 19.1. The SMILES string of the molecule is O=C(CCSc1nnc(-c2ccccc2Cl)n1-c1ccccc1F)Nc1ccccc1[N+](=O)[O-]. The molecule has 1 N–H and O–H groups in total. The maximum Gasteiger partial charge on any atom is 0.292 e. The number of nitrogens with one attached hydrogen (secondary N) is 1. The van der Waals surface area contributed by atoms with Crippen LogP contribution in [0.15, 0.2) is 78.0 Å². The second kappa shape index (κ2) is 10.4. The minimum atomic E-state index is -0.558. The van der Waals surface area contributed by atoms with Crippen molar-refractivity contribution in [1.82, 2.24) is 14.8 Å². The molecule has 0 aliphatic carbocycles. The van der Waals surface area contributed by atoms with Crippen LogP contribution in [0, 0.1) is 15.9 Å². The van der Waals surface area contributed by atoms with E-state index in [2.05, 4.69) is 15.5 Å². The van der Waals surface area contributed by atoms with E-state index >= 15 is 0 Å². The molecule has 0 spiro atoms. The van der Waals surface area contributed by atoms with E-state index in [4.69, 9.17) is 11.6 Å². The molecule has 172 valence electrons. The average molecular weight is 498 g/mol. The topological polar surface area (TPSA) is 103 Å². The first-order valence-corrected chi connectivity index (χ1v) is 11.4. The van der Waals surface area contributed by atoms with Crippen LogP contribution >= 0.6 is 23.4 Å². The number of halogens is 2. The van der Waals surface area contributed by atoms with Crippen molar-refractivity contribution in [2.24, 2.45) is 0 Å². The predicted octanol–water partition coefficient (Wildman–Crippen LogP) is 5.76. The maximum absolute atomic E-state index is 14.7. The standard InChI is InChI=1S/C23H17ClFN5O3S/c24-16-8-2-1-7-15(16)22-27-28-23(29(22)19-11-5-3-9-17(19)25)34-14-13-21(31)26-18-10-4-6-12-20(18)30(32)33/h1-12H,13-14H2,(H,26,31). The molecule has 0 saturated heterocycles. The average Bonchev–Trinajstić information content (AvgIpc) is 3.23. The molecule has 34 heavy (non-hydrogen) atoms. The number of aromatic nitrogens is 3. The monoisotopic (exact) mass is 497 g/mol. The molecule has 4 aromatic rings. The molecule has 0 aliphatic heterocycles. The molecule has 0 bridgehead atoms. The van der Waals surface area contributed by atoms with E-state index in [0.29, 0.717) is 21.6 Å². The van der Waals surface area contributed by atoms with Crippen LogP contribution in [0.3, 0.4) is 0 Å². The number of hydrogen-bond acceptors (Lipinski definition) is 6. The molecule has 0 saturated carbocycles. The number of nitrogens with zero attached hydrogens (tertiary/aromatic N) is 4. The van der Waals surface area contributed by atoms with E-state index in [1.807, 2.05) is 0 Å². The second-order valence-electron chi connectivity index (χ2n) is 6.99. The summed E-state index contributed by atoms with van der Waals surface area (Å²) < 4.78 is 16.2. The fraction of sp³-hybridized carbons (Fsp3) is 0.0870. The first kappa shape index (κ1) is 23.4. The Morgan fingerprint density at radius 2 is 1.76 bits per heavy atom. The molecule has 0 radical (unpaired) electrons. The van der Waals surface area contributed by atoms with E-state index in [1.165, 1.54) is 36.0 Å². The van der Waals surface area contributed by atoms with Gasteiger partial charge in [-0.2, -0.15) is 0 Å². The Hall–Kier alpha value is -3.76. The number of amides is 1. The number of anilines is 1. The van der Waals surface area contributed by atoms with Gasteiger partial charge in [-0.1, -0.05) is 59.8 Å². The van der Waals surface area contributed by atoms with Crippen molar-refractivity contribution in [3.05, 3.63) is 93.8 Å². The Kier molecular flexibility index (Phi) is 7.19. The van der Waals surface area contributed by atoms with Gasteiger partial charge in [0.25, 0.3) is 5.69 Å². The van der Waals surface area contributed by atoms with Crippen LogP contribution in [0.1, 0.15) is 6.42 Å². The van der Waals surface area contributed by atoms with Crippen molar-refractivity contribution in [1.29, 1.82) is 0 Å². The normalized spacial score (nSPS) is 10.8. The number of benzene rings is 3. The lowest BCUT2D eigenvalue weighted by atomic mass is 10.2. The number of hydrogen-bond donors (Lipinski definition) is 1. The van der Waals surface area contributed by atoms with Crippen molar-refractivity contribution in [2.45, 2.75) is 11.6 Å². The molecule has 1 heterocycles. The summed E-state index contributed by atoms with van der Waals surface area (Å²) in [5, 5.41) is 22.9. The largest absolute Gasteiger partial charge is 0.320 e. The summed E-state index contributed by atoms with van der Waals surface area (Å²) in [5.41, 5.74) is 0.764. The lowest BCUT2D eigenvalue weighted by Crippen LogP contribution is -2.13. The van der Waals surface area contributed by atoms with Gasteiger partial charge in [-0.25, -0.2) is 4.39 Å². The molecule has 0 unspecified atom stereocenters. The number of carbonyl (C=O) groups is 1. The summed E-state index contributed by atoms with van der Waals surface area (Å²) in [6.45, 7) is 0. The number of thioether (sulfide) groups is 1. The minimum absolute atomic E-state index is 0.0439. The van der Waals surface area contributed by atoms with Gasteiger partial charge in [0.2, 0.25) is 5.91 Å². The van der Waals surface area contributed by atoms with Gasteiger partial charge in [0, 0.05) is 23.8 Å². The Bertz CT molecular complexity index is 1360. The minimum Gasteiger partial charge on any atom is -0.320 e. The summed E-state index contributed by atoms with van der Waals surface area (Å²) in [6.07, 6.45) is 0.0439. The van der Waals surface area contributed by atoms with Gasteiger partial charge in [0.05, 0.1) is 15.6 Å². The lowest BCUT2D eigenvalue weighted by molar-refractivity contribution is -0.383. The molecular formula is C23H17ClFN5O3S. The third-order valence-electron chi connectivity index (χ3n) is 4.78.